The molecule has 7 rings (SSSR count). The average Bonchev–Trinajstić information content (AvgIpc) is 3.74. The number of rotatable bonds is 17. The van der Waals surface area contributed by atoms with Gasteiger partial charge < -0.3 is 39.8 Å². The molecule has 4 heterocycles. The summed E-state index contributed by atoms with van der Waals surface area (Å²) in [4.78, 5) is 49.5. The zero-order valence-electron chi connectivity index (χ0n) is 34.0. The second kappa shape index (κ2) is 20.3. The van der Waals surface area contributed by atoms with Gasteiger partial charge in [-0.1, -0.05) is 56.5 Å². The van der Waals surface area contributed by atoms with E-state index < -0.39 is 0 Å². The van der Waals surface area contributed by atoms with Crippen LogP contribution >= 0.6 is 11.3 Å². The Morgan fingerprint density at radius 3 is 2.71 bits per heavy atom. The molecule has 3 amide bonds. The first-order valence-corrected chi connectivity index (χ1v) is 22.2. The molecular formula is C44H60N6O7S. The Morgan fingerprint density at radius 1 is 1.07 bits per heavy atom. The summed E-state index contributed by atoms with van der Waals surface area (Å²) in [6.45, 7) is 9.49. The van der Waals surface area contributed by atoms with Crippen LogP contribution in [0.4, 0.5) is 5.69 Å². The number of morpholine rings is 1. The van der Waals surface area contributed by atoms with Gasteiger partial charge in [-0.05, 0) is 74.2 Å². The number of nitrogens with one attached hydrogen (secondary N) is 2. The van der Waals surface area contributed by atoms with Crippen LogP contribution in [0.3, 0.4) is 0 Å². The number of phenolic OH excluding ortho intramolecular Hbond substituents is 1. The number of carbonyl (C=O) groups is 3. The maximum Gasteiger partial charge on any atom is 0.273 e. The number of anilines is 1. The van der Waals surface area contributed by atoms with Crippen LogP contribution in [0.5, 0.6) is 11.5 Å². The molecule has 14 heteroatoms. The number of piperidine rings is 1. The van der Waals surface area contributed by atoms with Gasteiger partial charge in [0.25, 0.3) is 11.8 Å². The molecule has 58 heavy (non-hydrogen) atoms. The number of carbonyl (C=O) groups excluding carboxylic acids is 3. The third kappa shape index (κ3) is 10.9. The van der Waals surface area contributed by atoms with E-state index in [1.165, 1.54) is 17.5 Å². The number of thiazole rings is 1. The lowest BCUT2D eigenvalue weighted by Crippen LogP contribution is -2.58. The van der Waals surface area contributed by atoms with E-state index in [2.05, 4.69) is 56.6 Å². The van der Waals surface area contributed by atoms with E-state index in [0.29, 0.717) is 82.5 Å². The zero-order valence-corrected chi connectivity index (χ0v) is 34.8. The molecule has 1 saturated carbocycles. The molecular weight excluding hydrogens is 757 g/mol. The molecule has 314 valence electrons. The van der Waals surface area contributed by atoms with E-state index in [1.54, 1.807) is 17.4 Å². The first kappa shape index (κ1) is 42.1. The van der Waals surface area contributed by atoms with Gasteiger partial charge in [0.15, 0.2) is 12.4 Å². The number of aromatic hydroxyl groups is 1. The maximum atomic E-state index is 13.5. The molecule has 3 aliphatic heterocycles. The highest BCUT2D eigenvalue weighted by atomic mass is 32.1. The minimum atomic E-state index is -0.284. The van der Waals surface area contributed by atoms with Crippen molar-refractivity contribution in [3.05, 3.63) is 69.2 Å². The van der Waals surface area contributed by atoms with E-state index in [-0.39, 0.29) is 41.7 Å². The van der Waals surface area contributed by atoms with E-state index in [1.807, 2.05) is 16.3 Å². The summed E-state index contributed by atoms with van der Waals surface area (Å²) in [6.07, 6.45) is 10.1. The van der Waals surface area contributed by atoms with Crippen molar-refractivity contribution < 1.29 is 33.7 Å². The van der Waals surface area contributed by atoms with Gasteiger partial charge in [-0.3, -0.25) is 19.3 Å². The summed E-state index contributed by atoms with van der Waals surface area (Å²) < 4.78 is 18.0. The van der Waals surface area contributed by atoms with Crippen LogP contribution in [0, 0.1) is 0 Å². The van der Waals surface area contributed by atoms with Crippen LogP contribution in [0.25, 0.3) is 0 Å². The molecule has 2 aromatic carbocycles. The van der Waals surface area contributed by atoms with Crippen LogP contribution in [0.2, 0.25) is 0 Å². The standard InChI is InChI=1S/C44H60N6O7S/c1-2-39-46-36(30-58-39)43(54)49-23-26-57-44(31-49)16-20-48(21-17-44)28-33-8-6-7-32(27-33)14-24-55-25-15-40(53)50(35-9-4-3-5-10-35)22-19-45-18-13-34-11-12-37(51)41-42(34)56-29-38(52)47-41/h6-8,11-12,27,30,35,45,51H,2-5,9-10,13-26,28-29,31H2,1H3,(H,47,52). The summed E-state index contributed by atoms with van der Waals surface area (Å²) in [7, 11) is 0. The van der Waals surface area contributed by atoms with Crippen molar-refractivity contribution in [2.75, 3.05) is 77.6 Å². The largest absolute Gasteiger partial charge is 0.506 e. The number of phenols is 1. The lowest BCUT2D eigenvalue weighted by atomic mass is 9.89. The predicted octanol–water partition coefficient (Wildman–Crippen LogP) is 5.19. The lowest BCUT2D eigenvalue weighted by Gasteiger charge is -2.47. The molecule has 1 aromatic heterocycles. The molecule has 1 aliphatic carbocycles. The molecule has 0 unspecified atom stereocenters. The molecule has 0 bridgehead atoms. The number of hydrogen-bond acceptors (Lipinski definition) is 11. The Labute approximate surface area is 346 Å². The fraction of sp³-hybridized carbons (Fsp3) is 0.591. The molecule has 13 nitrogen and oxygen atoms in total. The van der Waals surface area contributed by atoms with Crippen molar-refractivity contribution in [1.82, 2.24) is 25.0 Å². The maximum absolute atomic E-state index is 13.5. The fourth-order valence-corrected chi connectivity index (χ4v) is 9.49. The van der Waals surface area contributed by atoms with E-state index in [4.69, 9.17) is 14.2 Å². The SMILES string of the molecule is CCc1nc(C(=O)N2CCOC3(CCN(Cc4cccc(CCOCCC(=O)N(CCNCCc5ccc(O)c6c5OCC(=O)N6)C5CCCCC5)c4)CC3)C2)cs1. The van der Waals surface area contributed by atoms with Gasteiger partial charge in [0, 0.05) is 50.7 Å². The second-order valence-electron chi connectivity index (χ2n) is 16.1. The number of nitrogens with zero attached hydrogens (tertiary/aromatic N) is 4. The number of hydrogen-bond donors (Lipinski definition) is 3. The lowest BCUT2D eigenvalue weighted by molar-refractivity contribution is -0.135. The predicted molar refractivity (Wildman–Crippen MR) is 224 cm³/mol. The van der Waals surface area contributed by atoms with Crippen LogP contribution in [0.1, 0.15) is 90.5 Å². The van der Waals surface area contributed by atoms with Gasteiger partial charge in [-0.15, -0.1) is 11.3 Å². The Hall–Kier alpha value is -4.08. The second-order valence-corrected chi connectivity index (χ2v) is 17.1. The normalized spacial score (nSPS) is 18.4. The van der Waals surface area contributed by atoms with Crippen molar-refractivity contribution in [3.63, 3.8) is 0 Å². The Kier molecular flexibility index (Phi) is 14.7. The monoisotopic (exact) mass is 816 g/mol. The molecule has 0 radical (unpaired) electrons. The number of aromatic nitrogens is 1. The van der Waals surface area contributed by atoms with E-state index >= 15 is 0 Å². The first-order chi connectivity index (χ1) is 28.3. The van der Waals surface area contributed by atoms with Gasteiger partial charge >= 0.3 is 0 Å². The van der Waals surface area contributed by atoms with Gasteiger partial charge in [0.2, 0.25) is 5.91 Å². The van der Waals surface area contributed by atoms with Crippen molar-refractivity contribution >= 4 is 34.7 Å². The average molecular weight is 817 g/mol. The number of aryl methyl sites for hydroxylation is 1. The van der Waals surface area contributed by atoms with Crippen LogP contribution < -0.4 is 15.4 Å². The molecule has 3 aromatic rings. The van der Waals surface area contributed by atoms with Gasteiger partial charge in [-0.2, -0.15) is 0 Å². The van der Waals surface area contributed by atoms with Crippen molar-refractivity contribution in [1.29, 1.82) is 0 Å². The highest BCUT2D eigenvalue weighted by molar-refractivity contribution is 7.09. The minimum absolute atomic E-state index is 0.00414. The van der Waals surface area contributed by atoms with Gasteiger partial charge in [-0.25, -0.2) is 4.98 Å². The molecule has 2 saturated heterocycles. The molecule has 3 N–H and O–H groups in total. The smallest absolute Gasteiger partial charge is 0.273 e. The molecule has 4 aliphatic rings. The van der Waals surface area contributed by atoms with Crippen LogP contribution in [-0.4, -0.2) is 126 Å². The highest BCUT2D eigenvalue weighted by Crippen LogP contribution is 2.39. The van der Waals surface area contributed by atoms with E-state index in [9.17, 15) is 19.5 Å². The van der Waals surface area contributed by atoms with Gasteiger partial charge in [0.05, 0.1) is 43.4 Å². The van der Waals surface area contributed by atoms with E-state index in [0.717, 1.165) is 81.6 Å². The Bertz CT molecular complexity index is 1860. The zero-order chi connectivity index (χ0) is 40.3. The van der Waals surface area contributed by atoms with Crippen LogP contribution in [-0.2, 0) is 44.9 Å². The number of ether oxygens (including phenoxy) is 3. The first-order valence-electron chi connectivity index (χ1n) is 21.3. The minimum Gasteiger partial charge on any atom is -0.506 e. The third-order valence-corrected chi connectivity index (χ3v) is 13.0. The van der Waals surface area contributed by atoms with Crippen molar-refractivity contribution in [2.45, 2.75) is 95.7 Å². The third-order valence-electron chi connectivity index (χ3n) is 12.0. The summed E-state index contributed by atoms with van der Waals surface area (Å²) in [5, 5.41) is 19.2. The summed E-state index contributed by atoms with van der Waals surface area (Å²) in [5.41, 5.74) is 4.03. The Morgan fingerprint density at radius 2 is 1.90 bits per heavy atom. The fourth-order valence-electron chi connectivity index (χ4n) is 8.77. The molecule has 1 spiro atoms. The Balaban J connectivity index is 0.810. The quantitative estimate of drug-likeness (QED) is 0.123. The van der Waals surface area contributed by atoms with Crippen molar-refractivity contribution in [2.24, 2.45) is 0 Å². The molecule has 0 atom stereocenters. The summed E-state index contributed by atoms with van der Waals surface area (Å²) in [5.74, 6) is 0.413. The van der Waals surface area contributed by atoms with Gasteiger partial charge in [0.1, 0.15) is 17.1 Å². The number of likely N-dealkylation sites (tertiary alicyclic amines) is 1. The van der Waals surface area contributed by atoms with Crippen LogP contribution in [0.15, 0.2) is 41.8 Å². The number of benzene rings is 2. The summed E-state index contributed by atoms with van der Waals surface area (Å²) >= 11 is 1.56. The van der Waals surface area contributed by atoms with Crippen molar-refractivity contribution in [3.8, 4) is 11.5 Å². The molecule has 3 fully saturated rings. The summed E-state index contributed by atoms with van der Waals surface area (Å²) in [6, 6.07) is 12.4. The topological polar surface area (TPSA) is 146 Å². The number of amides is 3. The number of fused-ring (bicyclic) bond motifs is 1. The highest BCUT2D eigenvalue weighted by Gasteiger charge is 2.41.